The number of aliphatic hydroxyl groups excluding tert-OH is 2. The molecule has 2 unspecified atom stereocenters. The van der Waals surface area contributed by atoms with Crippen molar-refractivity contribution in [3.05, 3.63) is 0 Å². The third kappa shape index (κ3) is 3.05. The molecule has 0 radical (unpaired) electrons. The van der Waals surface area contributed by atoms with Gasteiger partial charge >= 0.3 is 5.97 Å². The monoisotopic (exact) mass is 392 g/mol. The number of aliphatic hydroxyl groups is 2. The van der Waals surface area contributed by atoms with Crippen molar-refractivity contribution in [1.29, 1.82) is 0 Å². The zero-order valence-electron chi connectivity index (χ0n) is 17.9. The van der Waals surface area contributed by atoms with Gasteiger partial charge in [0.05, 0.1) is 12.2 Å². The molecule has 4 fully saturated rings. The van der Waals surface area contributed by atoms with E-state index in [0.717, 1.165) is 38.5 Å². The average molecular weight is 393 g/mol. The summed E-state index contributed by atoms with van der Waals surface area (Å²) in [6.07, 6.45) is 9.26. The van der Waals surface area contributed by atoms with Crippen LogP contribution in [0.3, 0.4) is 0 Å². The third-order valence-electron chi connectivity index (χ3n) is 10.3. The second kappa shape index (κ2) is 7.27. The lowest BCUT2D eigenvalue weighted by molar-refractivity contribution is -0.175. The van der Waals surface area contributed by atoms with Crippen molar-refractivity contribution in [3.8, 4) is 0 Å². The van der Waals surface area contributed by atoms with Crippen LogP contribution in [-0.4, -0.2) is 33.5 Å². The lowest BCUT2D eigenvalue weighted by Crippen LogP contribution is -2.58. The lowest BCUT2D eigenvalue weighted by Gasteiger charge is -2.62. The number of carbonyl (C=O) groups is 1. The molecule has 0 bridgehead atoms. The summed E-state index contributed by atoms with van der Waals surface area (Å²) < 4.78 is 0. The average Bonchev–Trinajstić information content (AvgIpc) is 3.00. The van der Waals surface area contributed by atoms with Crippen LogP contribution >= 0.6 is 0 Å². The second-order valence-corrected chi connectivity index (χ2v) is 11.3. The van der Waals surface area contributed by atoms with Gasteiger partial charge in [-0.1, -0.05) is 20.8 Å². The summed E-state index contributed by atoms with van der Waals surface area (Å²) in [5.74, 6) is 2.55. The summed E-state index contributed by atoms with van der Waals surface area (Å²) in [5, 5.41) is 30.8. The van der Waals surface area contributed by atoms with Crippen molar-refractivity contribution in [2.45, 2.75) is 97.2 Å². The molecule has 160 valence electrons. The third-order valence-corrected chi connectivity index (χ3v) is 10.3. The molecule has 4 saturated carbocycles. The van der Waals surface area contributed by atoms with Crippen molar-refractivity contribution in [3.63, 3.8) is 0 Å². The molecule has 0 spiro atoms. The van der Waals surface area contributed by atoms with Gasteiger partial charge in [0, 0.05) is 6.42 Å². The summed E-state index contributed by atoms with van der Waals surface area (Å²) in [4.78, 5) is 11.1. The Morgan fingerprint density at radius 2 is 1.79 bits per heavy atom. The second-order valence-electron chi connectivity index (χ2n) is 11.3. The zero-order chi connectivity index (χ0) is 20.3. The molecule has 0 saturated heterocycles. The maximum absolute atomic E-state index is 11.5. The lowest BCUT2D eigenvalue weighted by atomic mass is 9.43. The van der Waals surface area contributed by atoms with Crippen LogP contribution in [0, 0.1) is 46.3 Å². The molecule has 4 nitrogen and oxygen atoms in total. The van der Waals surface area contributed by atoms with Crippen LogP contribution in [0.1, 0.15) is 85.0 Å². The molecule has 0 aromatic carbocycles. The van der Waals surface area contributed by atoms with Gasteiger partial charge in [0.25, 0.3) is 0 Å². The van der Waals surface area contributed by atoms with E-state index in [-0.39, 0.29) is 29.5 Å². The predicted octanol–water partition coefficient (Wildman–Crippen LogP) is 4.48. The van der Waals surface area contributed by atoms with Crippen LogP contribution in [0.2, 0.25) is 0 Å². The molecule has 4 rings (SSSR count). The number of hydrogen-bond acceptors (Lipinski definition) is 3. The Bertz CT molecular complexity index is 605. The Balaban J connectivity index is 1.56. The largest absolute Gasteiger partial charge is 0.481 e. The first-order valence-corrected chi connectivity index (χ1v) is 11.8. The van der Waals surface area contributed by atoms with E-state index in [2.05, 4.69) is 20.8 Å². The van der Waals surface area contributed by atoms with Gasteiger partial charge in [-0.25, -0.2) is 0 Å². The van der Waals surface area contributed by atoms with E-state index in [9.17, 15) is 15.0 Å². The Hall–Kier alpha value is -0.610. The molecule has 28 heavy (non-hydrogen) atoms. The van der Waals surface area contributed by atoms with Crippen molar-refractivity contribution < 1.29 is 20.1 Å². The number of hydrogen-bond donors (Lipinski definition) is 3. The van der Waals surface area contributed by atoms with E-state index < -0.39 is 5.97 Å². The molecule has 10 atom stereocenters. The smallest absolute Gasteiger partial charge is 0.303 e. The highest BCUT2D eigenvalue weighted by Gasteiger charge is 2.63. The van der Waals surface area contributed by atoms with Gasteiger partial charge < -0.3 is 15.3 Å². The summed E-state index contributed by atoms with van der Waals surface area (Å²) in [6, 6.07) is 0. The van der Waals surface area contributed by atoms with E-state index in [1.54, 1.807) is 0 Å². The molecular formula is C24H40O4. The molecule has 4 aliphatic rings. The minimum absolute atomic E-state index is 0.0591. The van der Waals surface area contributed by atoms with Gasteiger partial charge in [0.1, 0.15) is 0 Å². The first kappa shape index (κ1) is 20.7. The number of carboxylic acids is 1. The molecule has 4 heteroatoms. The maximum Gasteiger partial charge on any atom is 0.303 e. The number of fused-ring (bicyclic) bond motifs is 5. The van der Waals surface area contributed by atoms with E-state index >= 15 is 0 Å². The van der Waals surface area contributed by atoms with Crippen molar-refractivity contribution in [2.75, 3.05) is 0 Å². The van der Waals surface area contributed by atoms with Gasteiger partial charge in [-0.05, 0) is 104 Å². The summed E-state index contributed by atoms with van der Waals surface area (Å²) in [7, 11) is 0. The first-order chi connectivity index (χ1) is 13.2. The van der Waals surface area contributed by atoms with Gasteiger partial charge in [0.15, 0.2) is 0 Å². The number of aliphatic carboxylic acids is 1. The first-order valence-electron chi connectivity index (χ1n) is 11.8. The highest BCUT2D eigenvalue weighted by atomic mass is 16.4. The SMILES string of the molecule is C[C@H](CCC(=O)O)C1CC[C@H]2[C@@H]3CC[C@@H]4C[C@H](O)CC[C@]4(C)C3C[C@@H](O)[C@]12C. The Kier molecular flexibility index (Phi) is 5.36. The van der Waals surface area contributed by atoms with Gasteiger partial charge in [-0.15, -0.1) is 0 Å². The molecule has 0 heterocycles. The van der Waals surface area contributed by atoms with Crippen molar-refractivity contribution in [2.24, 2.45) is 46.3 Å². The Morgan fingerprint density at radius 3 is 2.50 bits per heavy atom. The molecule has 0 aromatic heterocycles. The standard InChI is InChI=1S/C24H40O4/c1-14(4-9-22(27)28)18-7-8-19-17-6-5-15-12-16(25)10-11-23(15,2)20(17)13-21(26)24(18,19)3/h14-21,25-26H,4-13H2,1-3H3,(H,27,28)/t14-,15-,16-,17+,18?,19+,20?,21-,23+,24-/m1/s1. The van der Waals surface area contributed by atoms with E-state index in [1.165, 1.54) is 19.3 Å². The van der Waals surface area contributed by atoms with Crippen LogP contribution in [-0.2, 0) is 4.79 Å². The zero-order valence-corrected chi connectivity index (χ0v) is 17.9. The van der Waals surface area contributed by atoms with Crippen LogP contribution in [0.15, 0.2) is 0 Å². The summed E-state index contributed by atoms with van der Waals surface area (Å²) in [6.45, 7) is 6.99. The minimum atomic E-state index is -0.707. The van der Waals surface area contributed by atoms with E-state index in [4.69, 9.17) is 5.11 Å². The molecule has 0 amide bonds. The Labute approximate surface area is 170 Å². The number of carboxylic acid groups (broad SMARTS) is 1. The van der Waals surface area contributed by atoms with Crippen LogP contribution in [0.25, 0.3) is 0 Å². The predicted molar refractivity (Wildman–Crippen MR) is 109 cm³/mol. The summed E-state index contributed by atoms with van der Waals surface area (Å²) in [5.41, 5.74) is 0.216. The molecule has 0 aliphatic heterocycles. The van der Waals surface area contributed by atoms with Gasteiger partial charge in [-0.3, -0.25) is 4.79 Å². The molecule has 4 aliphatic carbocycles. The minimum Gasteiger partial charge on any atom is -0.481 e. The molecular weight excluding hydrogens is 352 g/mol. The topological polar surface area (TPSA) is 77.8 Å². The maximum atomic E-state index is 11.5. The van der Waals surface area contributed by atoms with Crippen molar-refractivity contribution >= 4 is 5.97 Å². The highest BCUT2D eigenvalue weighted by molar-refractivity contribution is 5.66. The fourth-order valence-electron chi connectivity index (χ4n) is 8.71. The highest BCUT2D eigenvalue weighted by Crippen LogP contribution is 2.68. The quantitative estimate of drug-likeness (QED) is 0.659. The summed E-state index contributed by atoms with van der Waals surface area (Å²) >= 11 is 0. The molecule has 3 N–H and O–H groups in total. The van der Waals surface area contributed by atoms with Crippen LogP contribution in [0.4, 0.5) is 0 Å². The van der Waals surface area contributed by atoms with Crippen LogP contribution in [0.5, 0.6) is 0 Å². The molecule has 0 aromatic rings. The van der Waals surface area contributed by atoms with E-state index in [0.29, 0.717) is 35.5 Å². The van der Waals surface area contributed by atoms with Gasteiger partial charge in [-0.2, -0.15) is 0 Å². The Morgan fingerprint density at radius 1 is 1.04 bits per heavy atom. The fourth-order valence-corrected chi connectivity index (χ4v) is 8.71. The van der Waals surface area contributed by atoms with Crippen molar-refractivity contribution in [1.82, 2.24) is 0 Å². The van der Waals surface area contributed by atoms with Crippen LogP contribution < -0.4 is 0 Å². The van der Waals surface area contributed by atoms with E-state index in [1.807, 2.05) is 0 Å². The number of rotatable bonds is 4. The van der Waals surface area contributed by atoms with Gasteiger partial charge in [0.2, 0.25) is 0 Å². The fraction of sp³-hybridized carbons (Fsp3) is 0.958. The normalized spacial score (nSPS) is 51.7.